The maximum Gasteiger partial charge on any atom is 0.320 e. The second-order valence-electron chi connectivity index (χ2n) is 1.65. The Morgan fingerprint density at radius 2 is 2.10 bits per heavy atom. The van der Waals surface area contributed by atoms with Gasteiger partial charge in [0.2, 0.25) is 10.0 Å². The van der Waals surface area contributed by atoms with Gasteiger partial charge in [-0.1, -0.05) is 6.92 Å². The van der Waals surface area contributed by atoms with Gasteiger partial charge in [-0.15, -0.1) is 0 Å². The Kier molecular flexibility index (Phi) is 3.31. The van der Waals surface area contributed by atoms with Gasteiger partial charge < -0.3 is 5.11 Å². The van der Waals surface area contributed by atoms with Crippen molar-refractivity contribution < 1.29 is 18.3 Å². The van der Waals surface area contributed by atoms with Crippen LogP contribution in [0.25, 0.3) is 0 Å². The first-order chi connectivity index (χ1) is 4.48. The van der Waals surface area contributed by atoms with Crippen LogP contribution in [0.15, 0.2) is 0 Å². The first-order valence-electron chi connectivity index (χ1n) is 2.67. The predicted octanol–water partition coefficient (Wildman–Crippen LogP) is -0.990. The highest BCUT2D eigenvalue weighted by molar-refractivity contribution is 7.90. The Balaban J connectivity index is 4.02. The van der Waals surface area contributed by atoms with Crippen LogP contribution in [-0.4, -0.2) is 31.8 Å². The zero-order chi connectivity index (χ0) is 8.20. The molecule has 0 fully saturated rings. The van der Waals surface area contributed by atoms with Gasteiger partial charge in [-0.2, -0.15) is 0 Å². The predicted molar refractivity (Wildman–Crippen MR) is 35.1 cm³/mol. The van der Waals surface area contributed by atoms with E-state index in [9.17, 15) is 13.2 Å². The van der Waals surface area contributed by atoms with Crippen molar-refractivity contribution in [3.8, 4) is 0 Å². The molecule has 6 heteroatoms. The van der Waals surface area contributed by atoms with Crippen molar-refractivity contribution in [3.05, 3.63) is 0 Å². The van der Waals surface area contributed by atoms with Crippen molar-refractivity contribution in [2.75, 3.05) is 12.3 Å². The molecule has 60 valence electrons. The molecule has 0 aliphatic rings. The lowest BCUT2D eigenvalue weighted by Crippen LogP contribution is -2.29. The van der Waals surface area contributed by atoms with Gasteiger partial charge >= 0.3 is 5.97 Å². The van der Waals surface area contributed by atoms with Gasteiger partial charge in [-0.05, 0) is 0 Å². The molecule has 0 aromatic rings. The number of nitrogens with one attached hydrogen (secondary N) is 1. The molecule has 0 unspecified atom stereocenters. The molecule has 0 aliphatic carbocycles. The molecule has 0 radical (unpaired) electrons. The van der Waals surface area contributed by atoms with E-state index >= 15 is 0 Å². The topological polar surface area (TPSA) is 83.5 Å². The zero-order valence-electron chi connectivity index (χ0n) is 5.49. The van der Waals surface area contributed by atoms with Crippen molar-refractivity contribution in [2.24, 2.45) is 0 Å². The Bertz CT molecular complexity index is 207. The Labute approximate surface area is 59.1 Å². The molecule has 0 bridgehead atoms. The quantitative estimate of drug-likeness (QED) is 0.563. The maximum atomic E-state index is 10.5. The average molecular weight is 167 g/mol. The molecular formula is C4H9NO4S. The van der Waals surface area contributed by atoms with E-state index in [-0.39, 0.29) is 6.54 Å². The van der Waals surface area contributed by atoms with E-state index in [1.807, 2.05) is 4.72 Å². The Morgan fingerprint density at radius 1 is 1.60 bits per heavy atom. The van der Waals surface area contributed by atoms with E-state index in [0.717, 1.165) is 0 Å². The summed E-state index contributed by atoms with van der Waals surface area (Å²) in [5.41, 5.74) is 0. The molecule has 2 N–H and O–H groups in total. The molecular weight excluding hydrogens is 158 g/mol. The number of carboxylic acids is 1. The summed E-state index contributed by atoms with van der Waals surface area (Å²) >= 11 is 0. The zero-order valence-corrected chi connectivity index (χ0v) is 6.31. The molecule has 0 aliphatic heterocycles. The van der Waals surface area contributed by atoms with Crippen LogP contribution in [-0.2, 0) is 14.8 Å². The highest BCUT2D eigenvalue weighted by Crippen LogP contribution is 1.81. The summed E-state index contributed by atoms with van der Waals surface area (Å²) in [6, 6.07) is 0. The fourth-order valence-corrected chi connectivity index (χ4v) is 1.30. The fraction of sp³-hybridized carbons (Fsp3) is 0.750. The molecule has 0 spiro atoms. The third-order valence-corrected chi connectivity index (χ3v) is 2.03. The third kappa shape index (κ3) is 4.28. The monoisotopic (exact) mass is 167 g/mol. The number of carbonyl (C=O) groups is 1. The SMILES string of the molecule is CCNS(=O)(=O)CC(=O)O. The highest BCUT2D eigenvalue weighted by Gasteiger charge is 2.12. The van der Waals surface area contributed by atoms with Crippen molar-refractivity contribution in [2.45, 2.75) is 6.92 Å². The summed E-state index contributed by atoms with van der Waals surface area (Å²) in [6.45, 7) is 1.80. The number of aliphatic carboxylic acids is 1. The fourth-order valence-electron chi connectivity index (χ4n) is 0.433. The number of carboxylic acid groups (broad SMARTS) is 1. The molecule has 0 saturated carbocycles. The molecule has 0 aromatic heterocycles. The number of sulfonamides is 1. The van der Waals surface area contributed by atoms with Crippen LogP contribution < -0.4 is 4.72 Å². The van der Waals surface area contributed by atoms with Crippen LogP contribution in [0.3, 0.4) is 0 Å². The summed E-state index contributed by atoms with van der Waals surface area (Å²) in [5.74, 6) is -2.21. The van der Waals surface area contributed by atoms with Crippen molar-refractivity contribution >= 4 is 16.0 Å². The van der Waals surface area contributed by atoms with Crippen molar-refractivity contribution in [1.29, 1.82) is 0 Å². The van der Waals surface area contributed by atoms with Crippen molar-refractivity contribution in [3.63, 3.8) is 0 Å². The van der Waals surface area contributed by atoms with Crippen LogP contribution in [0.5, 0.6) is 0 Å². The molecule has 0 aromatic carbocycles. The Morgan fingerprint density at radius 3 is 2.40 bits per heavy atom. The van der Waals surface area contributed by atoms with E-state index in [2.05, 4.69) is 0 Å². The van der Waals surface area contributed by atoms with Gasteiger partial charge in [-0.3, -0.25) is 4.79 Å². The Hall–Kier alpha value is -0.620. The largest absolute Gasteiger partial charge is 0.480 e. The molecule has 0 saturated heterocycles. The van der Waals surface area contributed by atoms with Gasteiger partial charge in [0.05, 0.1) is 0 Å². The maximum absolute atomic E-state index is 10.5. The minimum Gasteiger partial charge on any atom is -0.480 e. The van der Waals surface area contributed by atoms with Gasteiger partial charge in [0.1, 0.15) is 0 Å². The lowest BCUT2D eigenvalue weighted by Gasteiger charge is -1.98. The third-order valence-electron chi connectivity index (χ3n) is 0.678. The number of hydrogen-bond donors (Lipinski definition) is 2. The summed E-state index contributed by atoms with van der Waals surface area (Å²) in [4.78, 5) is 9.87. The van der Waals surface area contributed by atoms with Gasteiger partial charge in [0, 0.05) is 6.54 Å². The van der Waals surface area contributed by atoms with Gasteiger partial charge in [0.25, 0.3) is 0 Å². The average Bonchev–Trinajstić information content (AvgIpc) is 1.59. The van der Waals surface area contributed by atoms with E-state index in [0.29, 0.717) is 0 Å². The first-order valence-corrected chi connectivity index (χ1v) is 4.32. The van der Waals surface area contributed by atoms with Crippen LogP contribution in [0.1, 0.15) is 6.92 Å². The second kappa shape index (κ2) is 3.52. The lowest BCUT2D eigenvalue weighted by atomic mass is 10.8. The number of hydrogen-bond acceptors (Lipinski definition) is 3. The first kappa shape index (κ1) is 9.38. The van der Waals surface area contributed by atoms with Crippen LogP contribution in [0.2, 0.25) is 0 Å². The van der Waals surface area contributed by atoms with Gasteiger partial charge in [0.15, 0.2) is 5.75 Å². The summed E-state index contributed by atoms with van der Waals surface area (Å²) in [6.07, 6.45) is 0. The van der Waals surface area contributed by atoms with E-state index in [1.165, 1.54) is 0 Å². The van der Waals surface area contributed by atoms with E-state index in [1.54, 1.807) is 6.92 Å². The van der Waals surface area contributed by atoms with Gasteiger partial charge in [-0.25, -0.2) is 13.1 Å². The summed E-state index contributed by atoms with van der Waals surface area (Å²) in [5, 5.41) is 8.06. The molecule has 0 heterocycles. The molecule has 0 rings (SSSR count). The molecule has 0 amide bonds. The minimum atomic E-state index is -3.58. The van der Waals surface area contributed by atoms with Crippen LogP contribution in [0.4, 0.5) is 0 Å². The standard InChI is InChI=1S/C4H9NO4S/c1-2-5-10(8,9)3-4(6)7/h5H,2-3H2,1H3,(H,6,7). The van der Waals surface area contributed by atoms with E-state index < -0.39 is 21.7 Å². The number of rotatable bonds is 4. The summed E-state index contributed by atoms with van der Waals surface area (Å²) < 4.78 is 23.1. The van der Waals surface area contributed by atoms with Crippen LogP contribution in [0, 0.1) is 0 Å². The smallest absolute Gasteiger partial charge is 0.320 e. The van der Waals surface area contributed by atoms with Crippen LogP contribution >= 0.6 is 0 Å². The van der Waals surface area contributed by atoms with Crippen molar-refractivity contribution in [1.82, 2.24) is 4.72 Å². The minimum absolute atomic E-state index is 0.218. The summed E-state index contributed by atoms with van der Waals surface area (Å²) in [7, 11) is -3.58. The van der Waals surface area contributed by atoms with E-state index in [4.69, 9.17) is 5.11 Å². The molecule has 5 nitrogen and oxygen atoms in total. The second-order valence-corrected chi connectivity index (χ2v) is 3.46. The normalized spacial score (nSPS) is 11.3. The lowest BCUT2D eigenvalue weighted by molar-refractivity contribution is -0.134. The highest BCUT2D eigenvalue weighted by atomic mass is 32.2. The molecule has 0 atom stereocenters. The molecule has 10 heavy (non-hydrogen) atoms.